The Hall–Kier alpha value is -4.12. The lowest BCUT2D eigenvalue weighted by molar-refractivity contribution is -0.144. The Bertz CT molecular complexity index is 1780. The number of hydrogen-bond donors (Lipinski definition) is 1. The van der Waals surface area contributed by atoms with E-state index in [1.165, 1.54) is 6.20 Å². The first kappa shape index (κ1) is 37.1. The molecule has 266 valence electrons. The Labute approximate surface area is 296 Å². The summed E-state index contributed by atoms with van der Waals surface area (Å²) in [5.41, 5.74) is -0.267. The van der Waals surface area contributed by atoms with Crippen molar-refractivity contribution in [3.63, 3.8) is 0 Å². The molecule has 0 unspecified atom stereocenters. The fraction of sp³-hybridized carbons (Fsp3) is 0.425. The van der Waals surface area contributed by atoms with Gasteiger partial charge >= 0.3 is 6.09 Å². The maximum Gasteiger partial charge on any atom is 0.410 e. The average molecular weight is 700 g/mol. The number of halogens is 1. The van der Waals surface area contributed by atoms with Gasteiger partial charge in [0, 0.05) is 10.8 Å². The fourth-order valence-corrected chi connectivity index (χ4v) is 11.4. The van der Waals surface area contributed by atoms with Crippen LogP contribution in [0.3, 0.4) is 0 Å². The quantitative estimate of drug-likeness (QED) is 0.208. The van der Waals surface area contributed by atoms with Crippen LogP contribution in [0, 0.1) is 12.7 Å². The van der Waals surface area contributed by atoms with E-state index in [1.54, 1.807) is 11.0 Å². The van der Waals surface area contributed by atoms with Gasteiger partial charge in [-0.25, -0.2) is 9.18 Å². The Morgan fingerprint density at radius 2 is 1.52 bits per heavy atom. The lowest BCUT2D eigenvalue weighted by Crippen LogP contribution is -2.68. The summed E-state index contributed by atoms with van der Waals surface area (Å²) in [6.45, 7) is 17.8. The number of aromatic nitrogens is 1. The number of carbonyl (C=O) groups is 2. The van der Waals surface area contributed by atoms with Crippen molar-refractivity contribution in [1.29, 1.82) is 0 Å². The first-order valence-electron chi connectivity index (χ1n) is 17.2. The van der Waals surface area contributed by atoms with Crippen LogP contribution in [0.4, 0.5) is 9.18 Å². The summed E-state index contributed by atoms with van der Waals surface area (Å²) in [5, 5.41) is 6.08. The predicted octanol–water partition coefficient (Wildman–Crippen LogP) is 6.61. The topological polar surface area (TPSA) is 90.0 Å². The van der Waals surface area contributed by atoms with Crippen LogP contribution >= 0.6 is 0 Å². The second kappa shape index (κ2) is 14.2. The summed E-state index contributed by atoms with van der Waals surface area (Å²) in [5.74, 6) is -0.845. The summed E-state index contributed by atoms with van der Waals surface area (Å²) in [7, 11) is -2.93. The van der Waals surface area contributed by atoms with Gasteiger partial charge in [-0.1, -0.05) is 99.1 Å². The van der Waals surface area contributed by atoms with E-state index in [9.17, 15) is 14.0 Å². The van der Waals surface area contributed by atoms with Gasteiger partial charge in [-0.05, 0) is 63.0 Å². The van der Waals surface area contributed by atoms with E-state index in [-0.39, 0.29) is 24.8 Å². The molecule has 2 atom stereocenters. The monoisotopic (exact) mass is 699 g/mol. The lowest BCUT2D eigenvalue weighted by atomic mass is 9.93. The maximum absolute atomic E-state index is 14.7. The van der Waals surface area contributed by atoms with Crippen LogP contribution in [0.2, 0.25) is 5.04 Å². The third-order valence-corrected chi connectivity index (χ3v) is 14.1. The van der Waals surface area contributed by atoms with Gasteiger partial charge in [0.1, 0.15) is 11.4 Å². The van der Waals surface area contributed by atoms with Gasteiger partial charge in [-0.2, -0.15) is 0 Å². The van der Waals surface area contributed by atoms with Gasteiger partial charge in [0.2, 0.25) is 0 Å². The third-order valence-electron chi connectivity index (χ3n) is 9.14. The van der Waals surface area contributed by atoms with E-state index < -0.39 is 49.4 Å². The van der Waals surface area contributed by atoms with Gasteiger partial charge in [0.25, 0.3) is 14.2 Å². The molecule has 10 heteroatoms. The molecular formula is C40H50FN3O5Si. The van der Waals surface area contributed by atoms with E-state index in [4.69, 9.17) is 13.9 Å². The van der Waals surface area contributed by atoms with Gasteiger partial charge in [-0.3, -0.25) is 14.7 Å². The Morgan fingerprint density at radius 1 is 0.920 bits per heavy atom. The molecule has 3 aromatic carbocycles. The summed E-state index contributed by atoms with van der Waals surface area (Å²) in [4.78, 5) is 33.7. The molecule has 1 N–H and O–H groups in total. The number of nitrogens with one attached hydrogen (secondary N) is 1. The molecule has 0 spiro atoms. The zero-order chi connectivity index (χ0) is 36.5. The van der Waals surface area contributed by atoms with Crippen LogP contribution in [0.15, 0.2) is 85.1 Å². The van der Waals surface area contributed by atoms with E-state index in [1.807, 2.05) is 90.1 Å². The van der Waals surface area contributed by atoms with Crippen molar-refractivity contribution in [1.82, 2.24) is 15.2 Å². The molecule has 1 saturated heterocycles. The number of morpholine rings is 1. The van der Waals surface area contributed by atoms with E-state index in [0.29, 0.717) is 16.5 Å². The van der Waals surface area contributed by atoms with Crippen LogP contribution in [0.1, 0.15) is 66.6 Å². The molecule has 1 aliphatic heterocycles. The normalized spacial score (nSPS) is 17.4. The number of benzene rings is 3. The Kier molecular flexibility index (Phi) is 10.6. The Morgan fingerprint density at radius 3 is 2.08 bits per heavy atom. The molecule has 1 fully saturated rings. The van der Waals surface area contributed by atoms with Crippen LogP contribution in [0.5, 0.6) is 0 Å². The smallest absolute Gasteiger partial charge is 0.410 e. The summed E-state index contributed by atoms with van der Waals surface area (Å²) in [6.07, 6.45) is -0.353. The van der Waals surface area contributed by atoms with Gasteiger partial charge in [-0.15, -0.1) is 0 Å². The van der Waals surface area contributed by atoms with Crippen LogP contribution in [0.25, 0.3) is 10.8 Å². The first-order chi connectivity index (χ1) is 23.4. The molecule has 2 amide bonds. The highest BCUT2D eigenvalue weighted by Crippen LogP contribution is 2.37. The third kappa shape index (κ3) is 7.77. The molecule has 50 heavy (non-hydrogen) atoms. The number of carbonyl (C=O) groups excluding carboxylic acids is 2. The lowest BCUT2D eigenvalue weighted by Gasteiger charge is -2.46. The molecule has 0 bridgehead atoms. The fourth-order valence-electron chi connectivity index (χ4n) is 6.79. The van der Waals surface area contributed by atoms with Crippen molar-refractivity contribution in [2.24, 2.45) is 0 Å². The van der Waals surface area contributed by atoms with E-state index in [0.717, 1.165) is 15.9 Å². The number of fused-ring (bicyclic) bond motifs is 1. The Balaban J connectivity index is 1.43. The number of ether oxygens (including phenoxy) is 2. The number of aryl methyl sites for hydroxylation is 1. The molecule has 0 radical (unpaired) electrons. The summed E-state index contributed by atoms with van der Waals surface area (Å²) >= 11 is 0. The predicted molar refractivity (Wildman–Crippen MR) is 198 cm³/mol. The molecule has 0 saturated carbocycles. The number of hydrogen-bond acceptors (Lipinski definition) is 6. The number of rotatable bonds is 8. The van der Waals surface area contributed by atoms with Crippen LogP contribution in [-0.4, -0.2) is 67.7 Å². The average Bonchev–Trinajstić information content (AvgIpc) is 3.04. The van der Waals surface area contributed by atoms with E-state index in [2.05, 4.69) is 55.3 Å². The van der Waals surface area contributed by atoms with Gasteiger partial charge in [0.05, 0.1) is 43.2 Å². The van der Waals surface area contributed by atoms with Gasteiger partial charge in [0.15, 0.2) is 6.10 Å². The number of amides is 2. The van der Waals surface area contributed by atoms with Crippen molar-refractivity contribution in [3.05, 3.63) is 102 Å². The largest absolute Gasteiger partial charge is 0.444 e. The van der Waals surface area contributed by atoms with E-state index >= 15 is 0 Å². The molecule has 1 aromatic heterocycles. The molecule has 1 aliphatic rings. The van der Waals surface area contributed by atoms with Crippen molar-refractivity contribution < 1.29 is 27.9 Å². The molecule has 5 rings (SSSR count). The zero-order valence-electron chi connectivity index (χ0n) is 30.7. The minimum atomic E-state index is -2.93. The van der Waals surface area contributed by atoms with Crippen LogP contribution < -0.4 is 15.7 Å². The van der Waals surface area contributed by atoms with Crippen molar-refractivity contribution in [2.45, 2.75) is 90.6 Å². The molecular weight excluding hydrogens is 650 g/mol. The van der Waals surface area contributed by atoms with Gasteiger partial charge < -0.3 is 19.2 Å². The number of nitrogens with zero attached hydrogens (tertiary/aromatic N) is 2. The number of pyridine rings is 1. The SMILES string of the molecule is Cc1ccc2c(F)cnc(C(C)(C)NC(=O)[C@@H]3CN(C(=O)OC(C)(C)C)[C@H](CO[Si](c4ccccc4)(c4ccccc4)C(C)(C)C)CO3)c2c1. The molecule has 2 heterocycles. The second-order valence-electron chi connectivity index (χ2n) is 15.7. The highest BCUT2D eigenvalue weighted by Gasteiger charge is 2.51. The second-order valence-corrected chi connectivity index (χ2v) is 20.0. The minimum absolute atomic E-state index is 0.0394. The zero-order valence-corrected chi connectivity index (χ0v) is 31.7. The van der Waals surface area contributed by atoms with Crippen molar-refractivity contribution in [3.8, 4) is 0 Å². The van der Waals surface area contributed by atoms with Crippen molar-refractivity contribution >= 4 is 41.5 Å². The molecule has 8 nitrogen and oxygen atoms in total. The first-order valence-corrected chi connectivity index (χ1v) is 19.1. The molecule has 0 aliphatic carbocycles. The van der Waals surface area contributed by atoms with Crippen molar-refractivity contribution in [2.75, 3.05) is 19.8 Å². The van der Waals surface area contributed by atoms with Crippen LogP contribution in [-0.2, 0) is 24.2 Å². The maximum atomic E-state index is 14.7. The minimum Gasteiger partial charge on any atom is -0.444 e. The summed E-state index contributed by atoms with van der Waals surface area (Å²) < 4.78 is 33.9. The standard InChI is InChI=1S/C40H50FN3O5Si/c1-27-20-21-31-32(22-27)35(42-23-33(31)41)40(8,9)43-36(45)34-24-44(37(46)49-38(2,3)4)28(25-47-34)26-48-50(39(5,6)7,29-16-12-10-13-17-29)30-18-14-11-15-19-30/h10-23,28,34H,24-26H2,1-9H3,(H,43,45)/t28-,34-/m0/s1. The summed E-state index contributed by atoms with van der Waals surface area (Å²) in [6, 6.07) is 25.5. The molecule has 4 aromatic rings. The highest BCUT2D eigenvalue weighted by atomic mass is 28.4. The highest BCUT2D eigenvalue weighted by molar-refractivity contribution is 6.99.